The molecule has 3 atom stereocenters. The van der Waals surface area contributed by atoms with E-state index in [0.29, 0.717) is 5.25 Å². The van der Waals surface area contributed by atoms with Gasteiger partial charge in [0.1, 0.15) is 0 Å². The molecule has 0 spiro atoms. The predicted octanol–water partition coefficient (Wildman–Crippen LogP) is 4.24. The fourth-order valence-electron chi connectivity index (χ4n) is 2.92. The van der Waals surface area contributed by atoms with Gasteiger partial charge in [0.2, 0.25) is 0 Å². The Labute approximate surface area is 168 Å². The van der Waals surface area contributed by atoms with Gasteiger partial charge in [-0.3, -0.25) is 0 Å². The second kappa shape index (κ2) is 11.1. The maximum atomic E-state index is 5.93. The fraction of sp³-hybridized carbons (Fsp3) is 0.429. The van der Waals surface area contributed by atoms with Crippen LogP contribution in [0, 0.1) is 0 Å². The molecule has 0 unspecified atom stereocenters. The van der Waals surface area contributed by atoms with Crippen LogP contribution < -0.4 is 4.46 Å². The molecule has 0 fully saturated rings. The van der Waals surface area contributed by atoms with Gasteiger partial charge in [-0.15, -0.1) is 0 Å². The molecule has 2 rings (SSSR count). The molecular formula is C21H28O3SSe. The molecule has 0 amide bonds. The maximum absolute atomic E-state index is 5.93. The van der Waals surface area contributed by atoms with E-state index < -0.39 is 0 Å². The molecular weight excluding hydrogens is 411 g/mol. The van der Waals surface area contributed by atoms with Crippen molar-refractivity contribution in [2.45, 2.75) is 29.4 Å². The Hall–Kier alpha value is -0.811. The van der Waals surface area contributed by atoms with Crippen LogP contribution in [0.4, 0.5) is 0 Å². The van der Waals surface area contributed by atoms with Crippen LogP contribution in [-0.4, -0.2) is 48.8 Å². The average Bonchev–Trinajstić information content (AvgIpc) is 2.70. The molecule has 2 aromatic rings. The van der Waals surface area contributed by atoms with Crippen molar-refractivity contribution in [1.29, 1.82) is 0 Å². The van der Waals surface area contributed by atoms with Crippen molar-refractivity contribution in [3.05, 3.63) is 65.7 Å². The van der Waals surface area contributed by atoms with E-state index in [9.17, 15) is 0 Å². The summed E-state index contributed by atoms with van der Waals surface area (Å²) in [6, 6.07) is 19.0. The van der Waals surface area contributed by atoms with Crippen LogP contribution in [0.25, 0.3) is 0 Å². The zero-order valence-corrected chi connectivity index (χ0v) is 18.6. The number of rotatable bonds is 10. The Morgan fingerprint density at radius 1 is 0.846 bits per heavy atom. The molecule has 0 radical (unpaired) electrons. The third-order valence-corrected chi connectivity index (χ3v) is 8.22. The van der Waals surface area contributed by atoms with E-state index in [1.54, 1.807) is 21.3 Å². The number of hydrogen-bond donors (Lipinski definition) is 0. The first-order chi connectivity index (χ1) is 12.7. The molecule has 5 heteroatoms. The van der Waals surface area contributed by atoms with Gasteiger partial charge in [0.15, 0.2) is 0 Å². The molecule has 0 saturated carbocycles. The van der Waals surface area contributed by atoms with Gasteiger partial charge in [0, 0.05) is 0 Å². The number of methoxy groups -OCH3 is 3. The van der Waals surface area contributed by atoms with Gasteiger partial charge in [0.25, 0.3) is 0 Å². The van der Waals surface area contributed by atoms with Crippen molar-refractivity contribution in [1.82, 2.24) is 0 Å². The summed E-state index contributed by atoms with van der Waals surface area (Å²) in [7, 11) is 5.16. The van der Waals surface area contributed by atoms with Gasteiger partial charge in [0.05, 0.1) is 0 Å². The van der Waals surface area contributed by atoms with Crippen molar-refractivity contribution in [3.63, 3.8) is 0 Å². The Kier molecular flexibility index (Phi) is 9.20. The standard InChI is InChI=1S/C21H28O3SSe/c1-15(25-5)17-13-9-10-14-18(17)26-20(21(23-3)24-4)19(22-2)16-11-7-6-8-12-16/h6-15,19-21H,1-5H3/t15-,19+,20+/m0/s1. The molecule has 2 aromatic carbocycles. The summed E-state index contributed by atoms with van der Waals surface area (Å²) in [5.74, 6) is 0. The summed E-state index contributed by atoms with van der Waals surface area (Å²) in [4.78, 5) is 0.0973. The second-order valence-electron chi connectivity index (χ2n) is 5.91. The Morgan fingerprint density at radius 2 is 1.46 bits per heavy atom. The van der Waals surface area contributed by atoms with E-state index in [1.807, 2.05) is 30.0 Å². The summed E-state index contributed by atoms with van der Waals surface area (Å²) in [6.45, 7) is 2.25. The molecule has 0 aliphatic rings. The van der Waals surface area contributed by atoms with E-state index in [-0.39, 0.29) is 32.2 Å². The summed E-state index contributed by atoms with van der Waals surface area (Å²) in [5, 5.41) is 0.454. The number of hydrogen-bond acceptors (Lipinski definition) is 4. The molecule has 0 saturated heterocycles. The molecule has 0 aliphatic heterocycles. The first-order valence-electron chi connectivity index (χ1n) is 8.58. The van der Waals surface area contributed by atoms with Crippen molar-refractivity contribution >= 4 is 31.2 Å². The second-order valence-corrected chi connectivity index (χ2v) is 9.64. The van der Waals surface area contributed by atoms with Crippen LogP contribution in [0.1, 0.15) is 29.4 Å². The Balaban J connectivity index is 2.40. The van der Waals surface area contributed by atoms with Gasteiger partial charge in [-0.1, -0.05) is 0 Å². The zero-order chi connectivity index (χ0) is 18.9. The van der Waals surface area contributed by atoms with Crippen molar-refractivity contribution in [3.8, 4) is 0 Å². The molecule has 0 bridgehead atoms. The molecule has 0 heterocycles. The van der Waals surface area contributed by atoms with E-state index in [1.165, 1.54) is 10.0 Å². The predicted molar refractivity (Wildman–Crippen MR) is 112 cm³/mol. The van der Waals surface area contributed by atoms with E-state index in [4.69, 9.17) is 14.2 Å². The van der Waals surface area contributed by atoms with E-state index >= 15 is 0 Å². The van der Waals surface area contributed by atoms with Gasteiger partial charge in [-0.05, 0) is 0 Å². The normalized spacial score (nSPS) is 15.0. The average molecular weight is 439 g/mol. The zero-order valence-electron chi connectivity index (χ0n) is 16.0. The van der Waals surface area contributed by atoms with Crippen LogP contribution in [0.2, 0.25) is 4.82 Å². The summed E-state index contributed by atoms with van der Waals surface area (Å²) in [6.07, 6.45) is 1.75. The SMILES string of the molecule is COC(OC)[C@H]([Se]c1ccccc1[C@H](C)SC)[C@H](OC)c1ccccc1. The summed E-state index contributed by atoms with van der Waals surface area (Å²) in [5.41, 5.74) is 2.54. The molecule has 0 aromatic heterocycles. The van der Waals surface area contributed by atoms with Crippen molar-refractivity contribution in [2.75, 3.05) is 27.6 Å². The fourth-order valence-corrected chi connectivity index (χ4v) is 6.82. The van der Waals surface area contributed by atoms with Crippen LogP contribution in [0.15, 0.2) is 54.6 Å². The molecule has 3 nitrogen and oxygen atoms in total. The van der Waals surface area contributed by atoms with Gasteiger partial charge in [-0.2, -0.15) is 0 Å². The first kappa shape index (κ1) is 21.5. The van der Waals surface area contributed by atoms with Crippen LogP contribution >= 0.6 is 11.8 Å². The first-order valence-corrected chi connectivity index (χ1v) is 11.7. The van der Waals surface area contributed by atoms with Crippen LogP contribution in [0.3, 0.4) is 0 Å². The minimum atomic E-state index is -0.321. The monoisotopic (exact) mass is 440 g/mol. The molecule has 26 heavy (non-hydrogen) atoms. The quantitative estimate of drug-likeness (QED) is 0.409. The van der Waals surface area contributed by atoms with Crippen molar-refractivity contribution in [2.24, 2.45) is 0 Å². The molecule has 142 valence electrons. The third kappa shape index (κ3) is 5.35. The number of ether oxygens (including phenoxy) is 3. The Morgan fingerprint density at radius 3 is 2.04 bits per heavy atom. The number of thioether (sulfide) groups is 1. The van der Waals surface area contributed by atoms with Crippen LogP contribution in [0.5, 0.6) is 0 Å². The summed E-state index contributed by atoms with van der Waals surface area (Å²) < 4.78 is 18.7. The minimum absolute atomic E-state index is 0.0845. The third-order valence-electron chi connectivity index (χ3n) is 4.39. The molecule has 0 N–H and O–H groups in total. The number of benzene rings is 2. The molecule has 0 aliphatic carbocycles. The topological polar surface area (TPSA) is 27.7 Å². The Bertz CT molecular complexity index is 649. The van der Waals surface area contributed by atoms with Crippen LogP contribution in [-0.2, 0) is 14.2 Å². The van der Waals surface area contributed by atoms with Crippen molar-refractivity contribution < 1.29 is 14.2 Å². The van der Waals surface area contributed by atoms with Gasteiger partial charge >= 0.3 is 168 Å². The van der Waals surface area contributed by atoms with E-state index in [0.717, 1.165) is 5.56 Å². The van der Waals surface area contributed by atoms with E-state index in [2.05, 4.69) is 49.6 Å². The van der Waals surface area contributed by atoms with Gasteiger partial charge in [-0.25, -0.2) is 0 Å². The van der Waals surface area contributed by atoms with Gasteiger partial charge < -0.3 is 0 Å². The summed E-state index contributed by atoms with van der Waals surface area (Å²) >= 11 is 1.98.